The normalized spacial score (nSPS) is 14.3. The fourth-order valence-electron chi connectivity index (χ4n) is 3.29. The topological polar surface area (TPSA) is 96.2 Å². The number of benzene rings is 1. The maximum atomic E-state index is 11.9. The van der Waals surface area contributed by atoms with Gasteiger partial charge in [0, 0.05) is 38.2 Å². The van der Waals surface area contributed by atoms with Gasteiger partial charge in [-0.1, -0.05) is 30.3 Å². The number of anilines is 1. The average Bonchev–Trinajstić information content (AvgIpc) is 3.31. The van der Waals surface area contributed by atoms with E-state index in [4.69, 9.17) is 10.1 Å². The van der Waals surface area contributed by atoms with Crippen molar-refractivity contribution in [2.24, 2.45) is 0 Å². The SMILES string of the molecule is O=C1CCCN1CCn1cnc2c(NCCO)nc(-c3ccccc3)nc21. The van der Waals surface area contributed by atoms with Gasteiger partial charge in [0.25, 0.3) is 0 Å². The summed E-state index contributed by atoms with van der Waals surface area (Å²) in [5.74, 6) is 1.41. The summed E-state index contributed by atoms with van der Waals surface area (Å²) in [7, 11) is 0. The number of likely N-dealkylation sites (tertiary alicyclic amines) is 1. The highest BCUT2D eigenvalue weighted by Gasteiger charge is 2.20. The largest absolute Gasteiger partial charge is 0.395 e. The van der Waals surface area contributed by atoms with Gasteiger partial charge in [0.1, 0.15) is 5.52 Å². The summed E-state index contributed by atoms with van der Waals surface area (Å²) in [6.07, 6.45) is 3.30. The van der Waals surface area contributed by atoms with Gasteiger partial charge in [-0.25, -0.2) is 15.0 Å². The molecule has 0 saturated carbocycles. The van der Waals surface area contributed by atoms with E-state index in [1.165, 1.54) is 0 Å². The highest BCUT2D eigenvalue weighted by molar-refractivity contribution is 5.85. The van der Waals surface area contributed by atoms with Crippen LogP contribution in [0.3, 0.4) is 0 Å². The zero-order valence-corrected chi connectivity index (χ0v) is 15.0. The van der Waals surface area contributed by atoms with Crippen LogP contribution in [0.5, 0.6) is 0 Å². The molecule has 2 aromatic heterocycles. The highest BCUT2D eigenvalue weighted by Crippen LogP contribution is 2.24. The number of imidazole rings is 1. The van der Waals surface area contributed by atoms with E-state index in [1.54, 1.807) is 6.33 Å². The third kappa shape index (κ3) is 3.61. The van der Waals surface area contributed by atoms with Crippen LogP contribution in [-0.2, 0) is 11.3 Å². The predicted molar refractivity (Wildman–Crippen MR) is 102 cm³/mol. The van der Waals surface area contributed by atoms with E-state index in [1.807, 2.05) is 39.8 Å². The first-order valence-corrected chi connectivity index (χ1v) is 9.17. The third-order valence-corrected chi connectivity index (χ3v) is 4.68. The second-order valence-corrected chi connectivity index (χ2v) is 6.51. The Hall–Kier alpha value is -3.00. The van der Waals surface area contributed by atoms with Crippen molar-refractivity contribution in [1.82, 2.24) is 24.4 Å². The lowest BCUT2D eigenvalue weighted by Gasteiger charge is -2.16. The summed E-state index contributed by atoms with van der Waals surface area (Å²) in [5.41, 5.74) is 2.29. The molecule has 140 valence electrons. The summed E-state index contributed by atoms with van der Waals surface area (Å²) in [6, 6.07) is 9.76. The molecule has 0 radical (unpaired) electrons. The summed E-state index contributed by atoms with van der Waals surface area (Å²) in [6.45, 7) is 2.49. The Kier molecular flexibility index (Phi) is 4.97. The summed E-state index contributed by atoms with van der Waals surface area (Å²) < 4.78 is 1.96. The standard InChI is InChI=1S/C19H22N6O2/c26-12-8-20-18-16-19(23-17(22-18)14-5-2-1-3-6-14)25(13-21-16)11-10-24-9-4-7-15(24)27/h1-3,5-6,13,26H,4,7-12H2,(H,20,22,23). The molecule has 8 nitrogen and oxygen atoms in total. The van der Waals surface area contributed by atoms with E-state index in [2.05, 4.69) is 15.3 Å². The minimum atomic E-state index is 0.00392. The van der Waals surface area contributed by atoms with Gasteiger partial charge in [-0.2, -0.15) is 0 Å². The van der Waals surface area contributed by atoms with Gasteiger partial charge in [-0.3, -0.25) is 4.79 Å². The number of nitrogens with one attached hydrogen (secondary N) is 1. The van der Waals surface area contributed by atoms with Gasteiger partial charge in [-0.15, -0.1) is 0 Å². The molecule has 4 rings (SSSR count). The number of nitrogens with zero attached hydrogens (tertiary/aromatic N) is 5. The number of carbonyl (C=O) groups is 1. The van der Waals surface area contributed by atoms with Crippen LogP contribution in [-0.4, -0.2) is 61.7 Å². The lowest BCUT2D eigenvalue weighted by molar-refractivity contribution is -0.127. The average molecular weight is 366 g/mol. The summed E-state index contributed by atoms with van der Waals surface area (Å²) in [5, 5.41) is 12.3. The van der Waals surface area contributed by atoms with Gasteiger partial charge in [-0.05, 0) is 6.42 Å². The van der Waals surface area contributed by atoms with Crippen LogP contribution in [0.2, 0.25) is 0 Å². The van der Waals surface area contributed by atoms with Crippen molar-refractivity contribution in [3.8, 4) is 11.4 Å². The maximum absolute atomic E-state index is 11.9. The molecule has 0 spiro atoms. The molecule has 8 heteroatoms. The molecule has 3 heterocycles. The number of hydrogen-bond acceptors (Lipinski definition) is 6. The zero-order valence-electron chi connectivity index (χ0n) is 15.0. The maximum Gasteiger partial charge on any atom is 0.222 e. The number of amides is 1. The van der Waals surface area contributed by atoms with Crippen LogP contribution in [0.4, 0.5) is 5.82 Å². The van der Waals surface area contributed by atoms with Gasteiger partial charge in [0.15, 0.2) is 17.3 Å². The smallest absolute Gasteiger partial charge is 0.222 e. The molecular weight excluding hydrogens is 344 g/mol. The van der Waals surface area contributed by atoms with Crippen molar-refractivity contribution in [2.75, 3.05) is 31.6 Å². The molecule has 0 bridgehead atoms. The number of carbonyl (C=O) groups excluding carboxylic acids is 1. The van der Waals surface area contributed by atoms with E-state index in [0.29, 0.717) is 43.2 Å². The van der Waals surface area contributed by atoms with Crippen molar-refractivity contribution < 1.29 is 9.90 Å². The van der Waals surface area contributed by atoms with Crippen LogP contribution >= 0.6 is 0 Å². The molecule has 0 unspecified atom stereocenters. The number of rotatable bonds is 7. The fraction of sp³-hybridized carbons (Fsp3) is 0.368. The Morgan fingerprint density at radius 2 is 2.00 bits per heavy atom. The summed E-state index contributed by atoms with van der Waals surface area (Å²) >= 11 is 0. The Bertz CT molecular complexity index is 940. The number of aliphatic hydroxyl groups excluding tert-OH is 1. The Morgan fingerprint density at radius 3 is 2.74 bits per heavy atom. The van der Waals surface area contributed by atoms with Gasteiger partial charge >= 0.3 is 0 Å². The molecule has 0 aliphatic carbocycles. The first-order chi connectivity index (χ1) is 13.3. The second kappa shape index (κ2) is 7.71. The lowest BCUT2D eigenvalue weighted by atomic mass is 10.2. The zero-order chi connectivity index (χ0) is 18.6. The van der Waals surface area contributed by atoms with Gasteiger partial charge in [0.2, 0.25) is 5.91 Å². The van der Waals surface area contributed by atoms with Gasteiger partial charge < -0.3 is 19.9 Å². The van der Waals surface area contributed by atoms with Gasteiger partial charge in [0.05, 0.1) is 12.9 Å². The van der Waals surface area contributed by atoms with Crippen LogP contribution in [0.1, 0.15) is 12.8 Å². The Labute approximate surface area is 156 Å². The van der Waals surface area contributed by atoms with Crippen molar-refractivity contribution in [3.63, 3.8) is 0 Å². The van der Waals surface area contributed by atoms with Crippen molar-refractivity contribution in [1.29, 1.82) is 0 Å². The Balaban J connectivity index is 1.69. The Morgan fingerprint density at radius 1 is 1.15 bits per heavy atom. The number of aromatic nitrogens is 4. The van der Waals surface area contributed by atoms with E-state index in [0.717, 1.165) is 24.2 Å². The van der Waals surface area contributed by atoms with Crippen molar-refractivity contribution in [3.05, 3.63) is 36.7 Å². The van der Waals surface area contributed by atoms with Crippen molar-refractivity contribution >= 4 is 22.9 Å². The first-order valence-electron chi connectivity index (χ1n) is 9.17. The third-order valence-electron chi connectivity index (χ3n) is 4.68. The van der Waals surface area contributed by atoms with E-state index in [-0.39, 0.29) is 12.5 Å². The molecule has 0 atom stereocenters. The molecule has 1 aliphatic heterocycles. The van der Waals surface area contributed by atoms with Crippen LogP contribution < -0.4 is 5.32 Å². The quantitative estimate of drug-likeness (QED) is 0.658. The van der Waals surface area contributed by atoms with E-state index in [9.17, 15) is 4.79 Å². The molecule has 2 N–H and O–H groups in total. The number of fused-ring (bicyclic) bond motifs is 1. The summed E-state index contributed by atoms with van der Waals surface area (Å²) in [4.78, 5) is 27.5. The molecule has 1 aliphatic rings. The predicted octanol–water partition coefficient (Wildman–Crippen LogP) is 1.52. The van der Waals surface area contributed by atoms with Crippen LogP contribution in [0.25, 0.3) is 22.6 Å². The molecule has 27 heavy (non-hydrogen) atoms. The van der Waals surface area contributed by atoms with E-state index < -0.39 is 0 Å². The highest BCUT2D eigenvalue weighted by atomic mass is 16.3. The minimum Gasteiger partial charge on any atom is -0.395 e. The molecule has 3 aromatic rings. The number of aliphatic hydroxyl groups is 1. The monoisotopic (exact) mass is 366 g/mol. The molecule has 1 amide bonds. The molecular formula is C19H22N6O2. The van der Waals surface area contributed by atoms with E-state index >= 15 is 0 Å². The lowest BCUT2D eigenvalue weighted by Crippen LogP contribution is -2.28. The fourth-order valence-corrected chi connectivity index (χ4v) is 3.29. The first kappa shape index (κ1) is 17.4. The number of hydrogen-bond donors (Lipinski definition) is 2. The second-order valence-electron chi connectivity index (χ2n) is 6.51. The van der Waals surface area contributed by atoms with Crippen molar-refractivity contribution in [2.45, 2.75) is 19.4 Å². The minimum absolute atomic E-state index is 0.00392. The molecule has 1 saturated heterocycles. The molecule has 1 fully saturated rings. The molecule has 1 aromatic carbocycles. The van der Waals surface area contributed by atoms with Crippen LogP contribution in [0.15, 0.2) is 36.7 Å². The van der Waals surface area contributed by atoms with Crippen LogP contribution in [0, 0.1) is 0 Å².